The maximum atomic E-state index is 6.18. The first-order valence-corrected chi connectivity index (χ1v) is 6.74. The number of nitrogens with one attached hydrogen (secondary N) is 1. The number of hydrogen-bond donors (Lipinski definition) is 2. The molecular weight excluding hydrogens is 330 g/mol. The number of benzene rings is 1. The summed E-state index contributed by atoms with van der Waals surface area (Å²) in [5, 5.41) is 3.89. The van der Waals surface area contributed by atoms with E-state index in [0.717, 1.165) is 21.5 Å². The molecule has 3 N–H and O–H groups in total. The smallest absolute Gasteiger partial charge is 0.125 e. The molecule has 2 rings (SSSR count). The Hall–Kier alpha value is -1.46. The van der Waals surface area contributed by atoms with Crippen molar-refractivity contribution in [1.82, 2.24) is 4.98 Å². The molecule has 1 aromatic carbocycles. The van der Waals surface area contributed by atoms with Gasteiger partial charge in [0.15, 0.2) is 0 Å². The Bertz CT molecular complexity index is 572. The van der Waals surface area contributed by atoms with Crippen LogP contribution in [0.4, 0.5) is 11.4 Å². The lowest BCUT2D eigenvalue weighted by atomic mass is 10.2. The zero-order chi connectivity index (χ0) is 13.8. The van der Waals surface area contributed by atoms with Crippen LogP contribution in [-0.2, 0) is 6.54 Å². The van der Waals surface area contributed by atoms with E-state index in [-0.39, 0.29) is 0 Å². The van der Waals surface area contributed by atoms with Gasteiger partial charge in [-0.05, 0) is 28.1 Å². The molecule has 0 fully saturated rings. The Morgan fingerprint density at radius 2 is 2.21 bits per heavy atom. The Labute approximate surface area is 125 Å². The van der Waals surface area contributed by atoms with Gasteiger partial charge in [0.2, 0.25) is 0 Å². The van der Waals surface area contributed by atoms with Gasteiger partial charge in [-0.1, -0.05) is 17.7 Å². The number of rotatable bonds is 4. The highest BCUT2D eigenvalue weighted by Gasteiger charge is 2.10. The minimum absolute atomic E-state index is 0.510. The fourth-order valence-electron chi connectivity index (χ4n) is 1.71. The number of nitrogens with zero attached hydrogens (tertiary/aromatic N) is 1. The van der Waals surface area contributed by atoms with Gasteiger partial charge in [-0.15, -0.1) is 0 Å². The van der Waals surface area contributed by atoms with Gasteiger partial charge in [0.05, 0.1) is 29.2 Å². The number of anilines is 2. The summed E-state index contributed by atoms with van der Waals surface area (Å²) in [4.78, 5) is 3.99. The van der Waals surface area contributed by atoms with Crippen LogP contribution in [0.5, 0.6) is 5.75 Å². The lowest BCUT2D eigenvalue weighted by Crippen LogP contribution is -2.05. The molecule has 1 aromatic heterocycles. The maximum absolute atomic E-state index is 6.18. The van der Waals surface area contributed by atoms with Crippen molar-refractivity contribution in [3.63, 3.8) is 0 Å². The lowest BCUT2D eigenvalue weighted by Gasteiger charge is -2.14. The summed E-state index contributed by atoms with van der Waals surface area (Å²) in [6.07, 6.45) is 3.28. The average Bonchev–Trinajstić information content (AvgIpc) is 2.39. The first-order valence-electron chi connectivity index (χ1n) is 5.57. The van der Waals surface area contributed by atoms with Crippen LogP contribution in [0, 0.1) is 0 Å². The highest BCUT2D eigenvalue weighted by molar-refractivity contribution is 9.10. The van der Waals surface area contributed by atoms with Crippen molar-refractivity contribution in [3.05, 3.63) is 45.7 Å². The summed E-state index contributed by atoms with van der Waals surface area (Å²) in [5.74, 6) is 0.740. The molecule has 4 nitrogen and oxygen atoms in total. The predicted octanol–water partition coefficient (Wildman–Crippen LogP) is 3.70. The zero-order valence-electron chi connectivity index (χ0n) is 10.3. The SMILES string of the molecule is COc1cccc(Cl)c1CNc1c(N)cncc1Br. The van der Waals surface area contributed by atoms with Crippen LogP contribution < -0.4 is 15.8 Å². The van der Waals surface area contributed by atoms with Crippen molar-refractivity contribution in [2.24, 2.45) is 0 Å². The first-order chi connectivity index (χ1) is 9.13. The summed E-state index contributed by atoms with van der Waals surface area (Å²) < 4.78 is 6.10. The summed E-state index contributed by atoms with van der Waals surface area (Å²) in [6.45, 7) is 0.510. The van der Waals surface area contributed by atoms with Gasteiger partial charge in [0.25, 0.3) is 0 Å². The minimum atomic E-state index is 0.510. The number of pyridine rings is 1. The van der Waals surface area contributed by atoms with Gasteiger partial charge in [-0.3, -0.25) is 4.98 Å². The van der Waals surface area contributed by atoms with Gasteiger partial charge < -0.3 is 15.8 Å². The van der Waals surface area contributed by atoms with Crippen LogP contribution in [0.25, 0.3) is 0 Å². The standard InChI is InChI=1S/C13H13BrClN3O/c1-19-12-4-2-3-10(15)8(12)5-18-13-9(14)6-17-7-11(13)16/h2-4,6-7H,5,16H2,1H3,(H,17,18). The molecule has 0 unspecified atom stereocenters. The first kappa shape index (κ1) is 14.0. The molecule has 0 saturated heterocycles. The van der Waals surface area contributed by atoms with Gasteiger partial charge in [-0.2, -0.15) is 0 Å². The minimum Gasteiger partial charge on any atom is -0.496 e. The van der Waals surface area contributed by atoms with Crippen LogP contribution in [-0.4, -0.2) is 12.1 Å². The van der Waals surface area contributed by atoms with E-state index in [1.165, 1.54) is 0 Å². The van der Waals surface area contributed by atoms with Crippen molar-refractivity contribution >= 4 is 38.9 Å². The molecule has 1 heterocycles. The quantitative estimate of drug-likeness (QED) is 0.889. The largest absolute Gasteiger partial charge is 0.496 e. The lowest BCUT2D eigenvalue weighted by molar-refractivity contribution is 0.410. The van der Waals surface area contributed by atoms with Crippen LogP contribution >= 0.6 is 27.5 Å². The predicted molar refractivity (Wildman–Crippen MR) is 81.7 cm³/mol. The normalized spacial score (nSPS) is 10.3. The molecule has 0 aliphatic rings. The van der Waals surface area contributed by atoms with Crippen molar-refractivity contribution in [1.29, 1.82) is 0 Å². The second-order valence-corrected chi connectivity index (χ2v) is 5.12. The Morgan fingerprint density at radius 1 is 1.42 bits per heavy atom. The van der Waals surface area contributed by atoms with Gasteiger partial charge >= 0.3 is 0 Å². The number of methoxy groups -OCH3 is 1. The third-order valence-corrected chi connectivity index (χ3v) is 3.62. The molecule has 6 heteroatoms. The molecule has 0 bridgehead atoms. The number of halogens is 2. The molecule has 0 spiro atoms. The highest BCUT2D eigenvalue weighted by Crippen LogP contribution is 2.31. The Balaban J connectivity index is 2.24. The fourth-order valence-corrected chi connectivity index (χ4v) is 2.43. The van der Waals surface area contributed by atoms with Crippen molar-refractivity contribution in [2.75, 3.05) is 18.2 Å². The third kappa shape index (κ3) is 3.11. The molecular formula is C13H13BrClN3O. The second kappa shape index (κ2) is 6.12. The van der Waals surface area contributed by atoms with E-state index < -0.39 is 0 Å². The Morgan fingerprint density at radius 3 is 2.89 bits per heavy atom. The number of ether oxygens (including phenoxy) is 1. The number of aromatic nitrogens is 1. The average molecular weight is 343 g/mol. The zero-order valence-corrected chi connectivity index (χ0v) is 12.6. The van der Waals surface area contributed by atoms with Crippen LogP contribution in [0.1, 0.15) is 5.56 Å². The highest BCUT2D eigenvalue weighted by atomic mass is 79.9. The van der Waals surface area contributed by atoms with Gasteiger partial charge in [-0.25, -0.2) is 0 Å². The van der Waals surface area contributed by atoms with E-state index in [1.54, 1.807) is 19.5 Å². The van der Waals surface area contributed by atoms with Crippen molar-refractivity contribution in [3.8, 4) is 5.75 Å². The third-order valence-electron chi connectivity index (χ3n) is 2.67. The monoisotopic (exact) mass is 341 g/mol. The van der Waals surface area contributed by atoms with E-state index in [2.05, 4.69) is 26.2 Å². The van der Waals surface area contributed by atoms with Gasteiger partial charge in [0.1, 0.15) is 5.75 Å². The van der Waals surface area contributed by atoms with E-state index in [1.807, 2.05) is 18.2 Å². The molecule has 0 aliphatic carbocycles. The topological polar surface area (TPSA) is 60.2 Å². The molecule has 0 amide bonds. The number of nitrogen functional groups attached to an aromatic ring is 1. The summed E-state index contributed by atoms with van der Waals surface area (Å²) >= 11 is 9.58. The Kier molecular flexibility index (Phi) is 4.50. The van der Waals surface area contributed by atoms with Crippen molar-refractivity contribution < 1.29 is 4.74 Å². The molecule has 0 aliphatic heterocycles. The summed E-state index contributed by atoms with van der Waals surface area (Å²) in [5.41, 5.74) is 8.12. The van der Waals surface area contributed by atoms with E-state index >= 15 is 0 Å². The van der Waals surface area contributed by atoms with Crippen molar-refractivity contribution in [2.45, 2.75) is 6.54 Å². The molecule has 0 atom stereocenters. The van der Waals surface area contributed by atoms with Crippen LogP contribution in [0.2, 0.25) is 5.02 Å². The molecule has 0 saturated carbocycles. The molecule has 0 radical (unpaired) electrons. The van der Waals surface area contributed by atoms with Crippen LogP contribution in [0.3, 0.4) is 0 Å². The maximum Gasteiger partial charge on any atom is 0.125 e. The summed E-state index contributed by atoms with van der Waals surface area (Å²) in [7, 11) is 1.62. The molecule has 19 heavy (non-hydrogen) atoms. The van der Waals surface area contributed by atoms with E-state index in [4.69, 9.17) is 22.1 Å². The van der Waals surface area contributed by atoms with E-state index in [0.29, 0.717) is 17.3 Å². The van der Waals surface area contributed by atoms with Crippen LogP contribution in [0.15, 0.2) is 35.1 Å². The number of hydrogen-bond acceptors (Lipinski definition) is 4. The molecule has 100 valence electrons. The van der Waals surface area contributed by atoms with Gasteiger partial charge in [0, 0.05) is 23.3 Å². The molecule has 2 aromatic rings. The second-order valence-electron chi connectivity index (χ2n) is 3.86. The van der Waals surface area contributed by atoms with E-state index in [9.17, 15) is 0 Å². The number of nitrogens with two attached hydrogens (primary N) is 1. The fraction of sp³-hybridized carbons (Fsp3) is 0.154. The summed E-state index contributed by atoms with van der Waals surface area (Å²) in [6, 6.07) is 5.54.